The summed E-state index contributed by atoms with van der Waals surface area (Å²) in [5.41, 5.74) is 2.08. The van der Waals surface area contributed by atoms with Crippen LogP contribution in [0.25, 0.3) is 0 Å². The molecule has 0 saturated heterocycles. The van der Waals surface area contributed by atoms with Gasteiger partial charge in [-0.2, -0.15) is 0 Å². The van der Waals surface area contributed by atoms with E-state index >= 15 is 0 Å². The Morgan fingerprint density at radius 2 is 2.06 bits per heavy atom. The van der Waals surface area contributed by atoms with E-state index in [1.54, 1.807) is 6.20 Å². The van der Waals surface area contributed by atoms with Gasteiger partial charge in [0.25, 0.3) is 0 Å². The standard InChI is InChI=1S/C15H20N2O/c1-5-17-9-8-16-14(17)15(4,18)13-10-11(2)6-7-12(13)3/h6-10,18H,5H2,1-4H3. The molecule has 1 heterocycles. The van der Waals surface area contributed by atoms with E-state index in [1.165, 1.54) is 0 Å². The smallest absolute Gasteiger partial charge is 0.145 e. The molecule has 0 radical (unpaired) electrons. The third-order valence-electron chi connectivity index (χ3n) is 3.41. The quantitative estimate of drug-likeness (QED) is 0.901. The van der Waals surface area contributed by atoms with Crippen LogP contribution in [0.1, 0.15) is 36.4 Å². The molecule has 0 bridgehead atoms. The van der Waals surface area contributed by atoms with Crippen LogP contribution in [0.15, 0.2) is 30.6 Å². The normalized spacial score (nSPS) is 14.5. The van der Waals surface area contributed by atoms with Crippen LogP contribution in [0.3, 0.4) is 0 Å². The zero-order valence-electron chi connectivity index (χ0n) is 11.4. The van der Waals surface area contributed by atoms with Crippen molar-refractivity contribution in [2.75, 3.05) is 0 Å². The molecule has 1 unspecified atom stereocenters. The SMILES string of the molecule is CCn1ccnc1C(C)(O)c1cc(C)ccc1C. The Hall–Kier alpha value is -1.61. The first-order valence-corrected chi connectivity index (χ1v) is 6.28. The number of hydrogen-bond donors (Lipinski definition) is 1. The highest BCUT2D eigenvalue weighted by Gasteiger charge is 2.31. The highest BCUT2D eigenvalue weighted by molar-refractivity contribution is 5.38. The summed E-state index contributed by atoms with van der Waals surface area (Å²) in [6.07, 6.45) is 3.63. The van der Waals surface area contributed by atoms with Crippen LogP contribution in [0.2, 0.25) is 0 Å². The minimum Gasteiger partial charge on any atom is -0.377 e. The fourth-order valence-corrected chi connectivity index (χ4v) is 2.37. The van der Waals surface area contributed by atoms with Gasteiger partial charge >= 0.3 is 0 Å². The molecular weight excluding hydrogens is 224 g/mol. The summed E-state index contributed by atoms with van der Waals surface area (Å²) in [7, 11) is 0. The molecule has 1 aromatic carbocycles. The van der Waals surface area contributed by atoms with Gasteiger partial charge in [-0.25, -0.2) is 4.98 Å². The monoisotopic (exact) mass is 244 g/mol. The van der Waals surface area contributed by atoms with Gasteiger partial charge in [0.1, 0.15) is 11.4 Å². The molecule has 3 nitrogen and oxygen atoms in total. The van der Waals surface area contributed by atoms with Crippen molar-refractivity contribution in [1.29, 1.82) is 0 Å². The molecule has 2 aromatic rings. The number of hydrogen-bond acceptors (Lipinski definition) is 2. The van der Waals surface area contributed by atoms with Gasteiger partial charge in [-0.15, -0.1) is 0 Å². The molecule has 1 aromatic heterocycles. The molecule has 0 aliphatic rings. The van der Waals surface area contributed by atoms with E-state index in [-0.39, 0.29) is 0 Å². The second-order valence-electron chi connectivity index (χ2n) is 4.93. The van der Waals surface area contributed by atoms with Crippen molar-refractivity contribution in [3.63, 3.8) is 0 Å². The molecule has 0 fully saturated rings. The minimum absolute atomic E-state index is 0.693. The van der Waals surface area contributed by atoms with Crippen molar-refractivity contribution >= 4 is 0 Å². The zero-order chi connectivity index (χ0) is 13.3. The van der Waals surface area contributed by atoms with Crippen LogP contribution in [-0.2, 0) is 12.1 Å². The van der Waals surface area contributed by atoms with Gasteiger partial charge in [0.2, 0.25) is 0 Å². The highest BCUT2D eigenvalue weighted by Crippen LogP contribution is 2.30. The lowest BCUT2D eigenvalue weighted by molar-refractivity contribution is 0.0874. The Bertz CT molecular complexity index is 555. The molecule has 0 aliphatic heterocycles. The summed E-state index contributed by atoms with van der Waals surface area (Å²) in [5, 5.41) is 10.9. The van der Waals surface area contributed by atoms with Crippen molar-refractivity contribution in [3.8, 4) is 0 Å². The van der Waals surface area contributed by atoms with Gasteiger partial charge in [0, 0.05) is 18.9 Å². The Morgan fingerprint density at radius 3 is 2.72 bits per heavy atom. The third kappa shape index (κ3) is 2.06. The van der Waals surface area contributed by atoms with E-state index in [1.807, 2.05) is 50.6 Å². The maximum Gasteiger partial charge on any atom is 0.145 e. The van der Waals surface area contributed by atoms with Crippen molar-refractivity contribution < 1.29 is 5.11 Å². The number of nitrogens with zero attached hydrogens (tertiary/aromatic N) is 2. The molecule has 0 amide bonds. The van der Waals surface area contributed by atoms with E-state index in [0.29, 0.717) is 5.82 Å². The lowest BCUT2D eigenvalue weighted by Gasteiger charge is -2.26. The largest absolute Gasteiger partial charge is 0.377 e. The molecule has 1 N–H and O–H groups in total. The summed E-state index contributed by atoms with van der Waals surface area (Å²) < 4.78 is 1.97. The van der Waals surface area contributed by atoms with E-state index in [4.69, 9.17) is 0 Å². The average molecular weight is 244 g/mol. The lowest BCUT2D eigenvalue weighted by atomic mass is 9.90. The summed E-state index contributed by atoms with van der Waals surface area (Å²) >= 11 is 0. The van der Waals surface area contributed by atoms with Crippen molar-refractivity contribution in [1.82, 2.24) is 9.55 Å². The van der Waals surface area contributed by atoms with E-state index in [9.17, 15) is 5.11 Å². The number of aryl methyl sites for hydroxylation is 3. The van der Waals surface area contributed by atoms with Crippen molar-refractivity contribution in [3.05, 3.63) is 53.1 Å². The Kier molecular flexibility index (Phi) is 3.26. The number of imidazole rings is 1. The van der Waals surface area contributed by atoms with Gasteiger partial charge in [0.05, 0.1) is 0 Å². The summed E-state index contributed by atoms with van der Waals surface area (Å²) in [6.45, 7) is 8.71. The summed E-state index contributed by atoms with van der Waals surface area (Å²) in [4.78, 5) is 4.32. The van der Waals surface area contributed by atoms with Crippen LogP contribution in [0, 0.1) is 13.8 Å². The number of rotatable bonds is 3. The minimum atomic E-state index is -1.06. The highest BCUT2D eigenvalue weighted by atomic mass is 16.3. The second kappa shape index (κ2) is 4.58. The first-order valence-electron chi connectivity index (χ1n) is 6.28. The molecule has 18 heavy (non-hydrogen) atoms. The van der Waals surface area contributed by atoms with Crippen molar-refractivity contribution in [2.45, 2.75) is 39.8 Å². The van der Waals surface area contributed by atoms with Crippen LogP contribution in [0.5, 0.6) is 0 Å². The summed E-state index contributed by atoms with van der Waals surface area (Å²) in [6, 6.07) is 6.13. The third-order valence-corrected chi connectivity index (χ3v) is 3.41. The van der Waals surface area contributed by atoms with Gasteiger partial charge in [-0.3, -0.25) is 0 Å². The molecule has 2 rings (SSSR count). The van der Waals surface area contributed by atoms with Crippen molar-refractivity contribution in [2.24, 2.45) is 0 Å². The van der Waals surface area contributed by atoms with E-state index in [0.717, 1.165) is 23.2 Å². The van der Waals surface area contributed by atoms with Crippen LogP contribution < -0.4 is 0 Å². The number of aliphatic hydroxyl groups is 1. The van der Waals surface area contributed by atoms with E-state index < -0.39 is 5.60 Å². The first kappa shape index (κ1) is 12.8. The first-order chi connectivity index (χ1) is 8.46. The Morgan fingerprint density at radius 1 is 1.33 bits per heavy atom. The molecule has 3 heteroatoms. The average Bonchev–Trinajstić information content (AvgIpc) is 2.81. The number of aromatic nitrogens is 2. The molecule has 0 aliphatic carbocycles. The number of benzene rings is 1. The topological polar surface area (TPSA) is 38.0 Å². The van der Waals surface area contributed by atoms with Gasteiger partial charge < -0.3 is 9.67 Å². The predicted molar refractivity (Wildman–Crippen MR) is 72.5 cm³/mol. The molecule has 0 spiro atoms. The van der Waals surface area contributed by atoms with Crippen LogP contribution >= 0.6 is 0 Å². The molecular formula is C15H20N2O. The van der Waals surface area contributed by atoms with Gasteiger partial charge in [-0.1, -0.05) is 23.8 Å². The van der Waals surface area contributed by atoms with Crippen LogP contribution in [0.4, 0.5) is 0 Å². The zero-order valence-corrected chi connectivity index (χ0v) is 11.4. The van der Waals surface area contributed by atoms with Gasteiger partial charge in [0.15, 0.2) is 0 Å². The maximum absolute atomic E-state index is 10.9. The molecule has 0 saturated carbocycles. The van der Waals surface area contributed by atoms with Gasteiger partial charge in [-0.05, 0) is 38.8 Å². The predicted octanol–water partition coefficient (Wildman–Crippen LogP) is 2.78. The lowest BCUT2D eigenvalue weighted by Crippen LogP contribution is -2.28. The van der Waals surface area contributed by atoms with Crippen LogP contribution in [-0.4, -0.2) is 14.7 Å². The van der Waals surface area contributed by atoms with E-state index in [2.05, 4.69) is 11.1 Å². The molecule has 1 atom stereocenters. The Labute approximate surface area is 108 Å². The summed E-state index contributed by atoms with van der Waals surface area (Å²) in [5.74, 6) is 0.693. The second-order valence-corrected chi connectivity index (χ2v) is 4.93. The Balaban J connectivity index is 2.57. The maximum atomic E-state index is 10.9. The molecule has 96 valence electrons. The fourth-order valence-electron chi connectivity index (χ4n) is 2.37. The fraction of sp³-hybridized carbons (Fsp3) is 0.400.